The fraction of sp³-hybridized carbons (Fsp3) is 0.600. The number of rotatable bonds is 5. The lowest BCUT2D eigenvalue weighted by atomic mass is 10.4. The van der Waals surface area contributed by atoms with Gasteiger partial charge in [0.15, 0.2) is 0 Å². The number of aryl methyl sites for hydroxylation is 1. The van der Waals surface area contributed by atoms with Crippen LogP contribution in [-0.4, -0.2) is 34.8 Å². The molecule has 0 bridgehead atoms. The van der Waals surface area contributed by atoms with E-state index in [4.69, 9.17) is 0 Å². The van der Waals surface area contributed by atoms with E-state index >= 15 is 0 Å². The Hall–Kier alpha value is -1.36. The Morgan fingerprint density at radius 2 is 2.40 bits per heavy atom. The normalized spacial score (nSPS) is 15.3. The van der Waals surface area contributed by atoms with Crippen molar-refractivity contribution in [3.63, 3.8) is 0 Å². The fourth-order valence-electron chi connectivity index (χ4n) is 1.43. The minimum atomic E-state index is -0.0624. The molecule has 0 saturated heterocycles. The van der Waals surface area contributed by atoms with Gasteiger partial charge >= 0.3 is 0 Å². The van der Waals surface area contributed by atoms with E-state index in [0.717, 1.165) is 6.54 Å². The average molecular weight is 208 g/mol. The Morgan fingerprint density at radius 3 is 3.00 bits per heavy atom. The van der Waals surface area contributed by atoms with Crippen molar-refractivity contribution in [1.82, 2.24) is 20.4 Å². The second-order valence-corrected chi connectivity index (χ2v) is 3.82. The van der Waals surface area contributed by atoms with E-state index < -0.39 is 0 Å². The smallest absolute Gasteiger partial charge is 0.269 e. The topological polar surface area (TPSA) is 59.0 Å². The summed E-state index contributed by atoms with van der Waals surface area (Å²) in [5.41, 5.74) is 0.599. The third-order valence-corrected chi connectivity index (χ3v) is 2.47. The van der Waals surface area contributed by atoms with Crippen LogP contribution in [0, 0.1) is 0 Å². The molecule has 5 heteroatoms. The van der Waals surface area contributed by atoms with Crippen LogP contribution < -0.4 is 10.6 Å². The van der Waals surface area contributed by atoms with Gasteiger partial charge in [-0.3, -0.25) is 9.48 Å². The van der Waals surface area contributed by atoms with Crippen LogP contribution in [-0.2, 0) is 7.05 Å². The molecular weight excluding hydrogens is 192 g/mol. The molecule has 1 saturated carbocycles. The van der Waals surface area contributed by atoms with Gasteiger partial charge in [0.25, 0.3) is 5.91 Å². The Balaban J connectivity index is 1.69. The zero-order valence-electron chi connectivity index (χ0n) is 8.86. The number of amides is 1. The summed E-state index contributed by atoms with van der Waals surface area (Å²) in [6, 6.07) is 2.41. The van der Waals surface area contributed by atoms with Gasteiger partial charge in [-0.05, 0) is 18.9 Å². The van der Waals surface area contributed by atoms with E-state index in [1.54, 1.807) is 24.0 Å². The number of nitrogens with zero attached hydrogens (tertiary/aromatic N) is 2. The predicted molar refractivity (Wildman–Crippen MR) is 56.6 cm³/mol. The molecule has 0 atom stereocenters. The molecule has 0 aliphatic heterocycles. The Bertz CT molecular complexity index is 343. The fourth-order valence-corrected chi connectivity index (χ4v) is 1.43. The van der Waals surface area contributed by atoms with Gasteiger partial charge in [0.05, 0.1) is 0 Å². The van der Waals surface area contributed by atoms with E-state index in [0.29, 0.717) is 18.3 Å². The predicted octanol–water partition coefficient (Wildman–Crippen LogP) is -0.0981. The average Bonchev–Trinajstić information content (AvgIpc) is 2.94. The van der Waals surface area contributed by atoms with E-state index in [-0.39, 0.29) is 5.91 Å². The van der Waals surface area contributed by atoms with Gasteiger partial charge in [-0.1, -0.05) is 0 Å². The molecule has 0 aromatic carbocycles. The van der Waals surface area contributed by atoms with Gasteiger partial charge < -0.3 is 10.6 Å². The minimum absolute atomic E-state index is 0.0624. The van der Waals surface area contributed by atoms with Crippen molar-refractivity contribution in [2.24, 2.45) is 7.05 Å². The van der Waals surface area contributed by atoms with Crippen molar-refractivity contribution in [1.29, 1.82) is 0 Å². The first kappa shape index (κ1) is 10.2. The largest absolute Gasteiger partial charge is 0.349 e. The molecule has 0 radical (unpaired) electrons. The molecule has 1 aliphatic carbocycles. The monoisotopic (exact) mass is 208 g/mol. The summed E-state index contributed by atoms with van der Waals surface area (Å²) in [4.78, 5) is 11.6. The van der Waals surface area contributed by atoms with Gasteiger partial charge in [0.2, 0.25) is 0 Å². The number of hydrogen-bond acceptors (Lipinski definition) is 3. The molecule has 2 N–H and O–H groups in total. The van der Waals surface area contributed by atoms with E-state index in [1.807, 2.05) is 0 Å². The maximum absolute atomic E-state index is 11.6. The lowest BCUT2D eigenvalue weighted by molar-refractivity contribution is 0.0944. The van der Waals surface area contributed by atoms with Gasteiger partial charge in [0, 0.05) is 32.4 Å². The molecule has 1 fully saturated rings. The van der Waals surface area contributed by atoms with Crippen LogP contribution in [0.1, 0.15) is 23.3 Å². The highest BCUT2D eigenvalue weighted by Crippen LogP contribution is 2.17. The van der Waals surface area contributed by atoms with Crippen LogP contribution in [0.25, 0.3) is 0 Å². The molecule has 1 amide bonds. The summed E-state index contributed by atoms with van der Waals surface area (Å²) in [6.07, 6.45) is 4.17. The third kappa shape index (κ3) is 2.79. The van der Waals surface area contributed by atoms with Gasteiger partial charge in [0.1, 0.15) is 5.69 Å². The standard InChI is InChI=1S/C10H16N4O/c1-14-9(4-5-13-14)10(15)12-7-6-11-8-2-3-8/h4-5,8,11H,2-3,6-7H2,1H3,(H,12,15). The molecule has 0 unspecified atom stereocenters. The van der Waals surface area contributed by atoms with Crippen LogP contribution >= 0.6 is 0 Å². The van der Waals surface area contributed by atoms with Crippen LogP contribution in [0.15, 0.2) is 12.3 Å². The van der Waals surface area contributed by atoms with Crippen LogP contribution in [0.4, 0.5) is 0 Å². The number of aromatic nitrogens is 2. The highest BCUT2D eigenvalue weighted by Gasteiger charge is 2.19. The van der Waals surface area contributed by atoms with E-state index in [1.165, 1.54) is 12.8 Å². The summed E-state index contributed by atoms with van der Waals surface area (Å²) in [7, 11) is 1.76. The molecular formula is C10H16N4O. The number of hydrogen-bond donors (Lipinski definition) is 2. The van der Waals surface area contributed by atoms with E-state index in [2.05, 4.69) is 15.7 Å². The summed E-state index contributed by atoms with van der Waals surface area (Å²) in [6.45, 7) is 1.51. The first-order chi connectivity index (χ1) is 7.27. The minimum Gasteiger partial charge on any atom is -0.349 e. The van der Waals surface area contributed by atoms with Crippen molar-refractivity contribution in [3.05, 3.63) is 18.0 Å². The SMILES string of the molecule is Cn1nccc1C(=O)NCCNC1CC1. The maximum Gasteiger partial charge on any atom is 0.269 e. The summed E-state index contributed by atoms with van der Waals surface area (Å²) in [5.74, 6) is -0.0624. The molecule has 2 rings (SSSR count). The zero-order chi connectivity index (χ0) is 10.7. The maximum atomic E-state index is 11.6. The number of carbonyl (C=O) groups is 1. The Kier molecular flexibility index (Phi) is 3.01. The van der Waals surface area contributed by atoms with Gasteiger partial charge in [-0.25, -0.2) is 0 Å². The lowest BCUT2D eigenvalue weighted by Gasteiger charge is -2.05. The van der Waals surface area contributed by atoms with Gasteiger partial charge in [-0.2, -0.15) is 5.10 Å². The number of carbonyl (C=O) groups excluding carboxylic acids is 1. The first-order valence-electron chi connectivity index (χ1n) is 5.27. The van der Waals surface area contributed by atoms with Crippen molar-refractivity contribution >= 4 is 5.91 Å². The van der Waals surface area contributed by atoms with Gasteiger partial charge in [-0.15, -0.1) is 0 Å². The molecule has 1 aromatic rings. The number of nitrogens with one attached hydrogen (secondary N) is 2. The molecule has 1 heterocycles. The lowest BCUT2D eigenvalue weighted by Crippen LogP contribution is -2.33. The summed E-state index contributed by atoms with van der Waals surface area (Å²) < 4.78 is 1.57. The molecule has 5 nitrogen and oxygen atoms in total. The molecule has 0 spiro atoms. The molecule has 1 aromatic heterocycles. The van der Waals surface area contributed by atoms with Crippen molar-refractivity contribution in [2.75, 3.05) is 13.1 Å². The van der Waals surface area contributed by atoms with Crippen molar-refractivity contribution in [3.8, 4) is 0 Å². The second kappa shape index (κ2) is 4.44. The van der Waals surface area contributed by atoms with Crippen molar-refractivity contribution in [2.45, 2.75) is 18.9 Å². The Labute approximate surface area is 88.8 Å². The van der Waals surface area contributed by atoms with Crippen LogP contribution in [0.3, 0.4) is 0 Å². The first-order valence-corrected chi connectivity index (χ1v) is 5.27. The quantitative estimate of drug-likeness (QED) is 0.664. The van der Waals surface area contributed by atoms with Crippen LogP contribution in [0.5, 0.6) is 0 Å². The summed E-state index contributed by atoms with van der Waals surface area (Å²) in [5, 5.41) is 10.1. The second-order valence-electron chi connectivity index (χ2n) is 3.82. The highest BCUT2D eigenvalue weighted by atomic mass is 16.2. The van der Waals surface area contributed by atoms with Crippen molar-refractivity contribution < 1.29 is 4.79 Å². The third-order valence-electron chi connectivity index (χ3n) is 2.47. The Morgan fingerprint density at radius 1 is 1.60 bits per heavy atom. The molecule has 82 valence electrons. The zero-order valence-corrected chi connectivity index (χ0v) is 8.86. The molecule has 1 aliphatic rings. The molecule has 15 heavy (non-hydrogen) atoms. The summed E-state index contributed by atoms with van der Waals surface area (Å²) >= 11 is 0. The highest BCUT2D eigenvalue weighted by molar-refractivity contribution is 5.92. The van der Waals surface area contributed by atoms with E-state index in [9.17, 15) is 4.79 Å². The van der Waals surface area contributed by atoms with Crippen LogP contribution in [0.2, 0.25) is 0 Å².